The number of carbonyl (C=O) groups is 4. The number of carboxylic acid groups (broad SMARTS) is 1. The number of phenolic OH excluding ortho intramolecular Hbond substituents is 1. The number of hydrogen-bond donors (Lipinski definition) is 8. The first-order valence-electron chi connectivity index (χ1n) is 13.2. The topological polar surface area (TPSA) is 228 Å². The van der Waals surface area contributed by atoms with Crippen molar-refractivity contribution in [3.05, 3.63) is 66.3 Å². The fraction of sp³-hybridized carbons (Fsp3) is 0.407. The fourth-order valence-electron chi connectivity index (χ4n) is 4.12. The lowest BCUT2D eigenvalue weighted by molar-refractivity contribution is -0.142. The van der Waals surface area contributed by atoms with Gasteiger partial charge in [-0.25, -0.2) is 14.8 Å². The lowest BCUT2D eigenvalue weighted by atomic mass is 9.96. The van der Waals surface area contributed by atoms with Crippen LogP contribution >= 0.6 is 0 Å². The summed E-state index contributed by atoms with van der Waals surface area (Å²) in [7, 11) is 0. The first kappa shape index (κ1) is 30.8. The molecule has 0 spiro atoms. The van der Waals surface area contributed by atoms with Crippen molar-refractivity contribution in [2.24, 2.45) is 11.7 Å². The molecule has 2 heterocycles. The van der Waals surface area contributed by atoms with Gasteiger partial charge in [0.1, 0.15) is 23.9 Å². The van der Waals surface area contributed by atoms with E-state index in [4.69, 9.17) is 5.73 Å². The van der Waals surface area contributed by atoms with Crippen LogP contribution in [0.4, 0.5) is 0 Å². The number of benzene rings is 1. The minimum atomic E-state index is -1.28. The van der Waals surface area contributed by atoms with E-state index in [9.17, 15) is 29.4 Å². The highest BCUT2D eigenvalue weighted by atomic mass is 16.4. The molecule has 5 unspecified atom stereocenters. The van der Waals surface area contributed by atoms with Crippen LogP contribution < -0.4 is 21.7 Å². The van der Waals surface area contributed by atoms with Gasteiger partial charge < -0.3 is 41.9 Å². The quantitative estimate of drug-likeness (QED) is 0.121. The number of nitrogens with two attached hydrogens (primary N) is 1. The Morgan fingerprint density at radius 1 is 0.854 bits per heavy atom. The summed E-state index contributed by atoms with van der Waals surface area (Å²) in [6.45, 7) is 3.59. The summed E-state index contributed by atoms with van der Waals surface area (Å²) in [6.07, 6.45) is 6.64. The molecule has 2 aromatic heterocycles. The highest BCUT2D eigenvalue weighted by Crippen LogP contribution is 2.13. The van der Waals surface area contributed by atoms with Gasteiger partial charge in [0.15, 0.2) is 0 Å². The number of hydrogen-bond acceptors (Lipinski definition) is 8. The third kappa shape index (κ3) is 9.17. The Labute approximate surface area is 236 Å². The van der Waals surface area contributed by atoms with Crippen LogP contribution in [0.2, 0.25) is 0 Å². The van der Waals surface area contributed by atoms with Crippen molar-refractivity contribution >= 4 is 23.7 Å². The van der Waals surface area contributed by atoms with E-state index in [0.29, 0.717) is 23.4 Å². The summed E-state index contributed by atoms with van der Waals surface area (Å²) in [5.41, 5.74) is 7.87. The monoisotopic (exact) mass is 568 g/mol. The lowest BCUT2D eigenvalue weighted by Gasteiger charge is -2.28. The van der Waals surface area contributed by atoms with Crippen LogP contribution in [0.15, 0.2) is 49.3 Å². The maximum Gasteiger partial charge on any atom is 0.326 e. The molecule has 0 radical (unpaired) electrons. The van der Waals surface area contributed by atoms with Crippen molar-refractivity contribution in [3.63, 3.8) is 0 Å². The molecule has 0 saturated heterocycles. The number of aliphatic carboxylic acids is 1. The third-order valence-electron chi connectivity index (χ3n) is 6.73. The van der Waals surface area contributed by atoms with Crippen LogP contribution in [0.25, 0.3) is 0 Å². The van der Waals surface area contributed by atoms with E-state index in [1.54, 1.807) is 25.3 Å². The molecule has 0 aliphatic rings. The van der Waals surface area contributed by atoms with E-state index >= 15 is 0 Å². The molecule has 14 heteroatoms. The molecule has 3 amide bonds. The predicted octanol–water partition coefficient (Wildman–Crippen LogP) is -0.221. The minimum absolute atomic E-state index is 0.0308. The van der Waals surface area contributed by atoms with Gasteiger partial charge in [-0.2, -0.15) is 0 Å². The van der Waals surface area contributed by atoms with E-state index in [2.05, 4.69) is 35.9 Å². The van der Waals surface area contributed by atoms with Gasteiger partial charge in [0.05, 0.1) is 18.7 Å². The molecule has 5 atom stereocenters. The second kappa shape index (κ2) is 14.6. The number of aromatic hydroxyl groups is 1. The number of aromatic amines is 2. The second-order valence-corrected chi connectivity index (χ2v) is 9.87. The Morgan fingerprint density at radius 2 is 1.44 bits per heavy atom. The van der Waals surface area contributed by atoms with Crippen molar-refractivity contribution in [1.82, 2.24) is 35.9 Å². The van der Waals surface area contributed by atoms with Crippen molar-refractivity contribution < 1.29 is 29.4 Å². The van der Waals surface area contributed by atoms with Crippen LogP contribution in [-0.4, -0.2) is 78.0 Å². The lowest BCUT2D eigenvalue weighted by Crippen LogP contribution is -2.59. The molecule has 41 heavy (non-hydrogen) atoms. The van der Waals surface area contributed by atoms with Crippen molar-refractivity contribution in [2.75, 3.05) is 0 Å². The first-order chi connectivity index (χ1) is 19.6. The number of carbonyl (C=O) groups excluding carboxylic acids is 3. The molecular weight excluding hydrogens is 532 g/mol. The maximum absolute atomic E-state index is 13.5. The summed E-state index contributed by atoms with van der Waals surface area (Å²) < 4.78 is 0. The molecule has 0 saturated carbocycles. The van der Waals surface area contributed by atoms with Gasteiger partial charge in [-0.15, -0.1) is 0 Å². The Kier molecular flexibility index (Phi) is 11.0. The summed E-state index contributed by atoms with van der Waals surface area (Å²) in [5.74, 6) is -3.50. The molecular formula is C27H36N8O6. The number of H-pyrrole nitrogens is 2. The van der Waals surface area contributed by atoms with Gasteiger partial charge in [-0.05, 0) is 23.6 Å². The SMILES string of the molecule is CCC(C)C(NC(=O)C(Cc1cnc[nH]1)NC(=O)C(N)Cc1cnc[nH]1)C(=O)NC(Cc1ccc(O)cc1)C(=O)O. The molecule has 9 N–H and O–H groups in total. The van der Waals surface area contributed by atoms with Gasteiger partial charge >= 0.3 is 5.97 Å². The zero-order valence-corrected chi connectivity index (χ0v) is 22.8. The van der Waals surface area contributed by atoms with Gasteiger partial charge in [0, 0.05) is 43.0 Å². The number of carboxylic acids is 1. The van der Waals surface area contributed by atoms with E-state index in [0.717, 1.165) is 0 Å². The Balaban J connectivity index is 1.74. The molecule has 14 nitrogen and oxygen atoms in total. The largest absolute Gasteiger partial charge is 0.508 e. The molecule has 0 aliphatic carbocycles. The number of phenols is 1. The molecule has 3 rings (SSSR count). The zero-order chi connectivity index (χ0) is 29.9. The van der Waals surface area contributed by atoms with Crippen LogP contribution in [0.3, 0.4) is 0 Å². The summed E-state index contributed by atoms with van der Waals surface area (Å²) >= 11 is 0. The number of aromatic nitrogens is 4. The number of rotatable bonds is 15. The summed E-state index contributed by atoms with van der Waals surface area (Å²) in [5, 5.41) is 27.1. The van der Waals surface area contributed by atoms with Crippen molar-refractivity contribution in [3.8, 4) is 5.75 Å². The van der Waals surface area contributed by atoms with E-state index in [1.807, 2.05) is 6.92 Å². The standard InChI is InChI=1S/C27H36N8O6/c1-3-15(2)23(26(39)34-22(27(40)41)8-16-4-6-19(36)7-5-16)35-25(38)21(10-18-12-30-14-32-18)33-24(37)20(28)9-17-11-29-13-31-17/h4-7,11-15,20-23,36H,3,8-10,28H2,1-2H3,(H,29,31)(H,30,32)(H,33,37)(H,34,39)(H,35,38)(H,40,41). The van der Waals surface area contributed by atoms with Gasteiger partial charge in [-0.1, -0.05) is 32.4 Å². The molecule has 220 valence electrons. The second-order valence-electron chi connectivity index (χ2n) is 9.87. The molecule has 0 aliphatic heterocycles. The summed E-state index contributed by atoms with van der Waals surface area (Å²) in [4.78, 5) is 65.3. The first-order valence-corrected chi connectivity index (χ1v) is 13.2. The smallest absolute Gasteiger partial charge is 0.326 e. The van der Waals surface area contributed by atoms with Gasteiger partial charge in [0.2, 0.25) is 17.7 Å². The molecule has 0 bridgehead atoms. The fourth-order valence-corrected chi connectivity index (χ4v) is 4.12. The third-order valence-corrected chi connectivity index (χ3v) is 6.73. The highest BCUT2D eigenvalue weighted by Gasteiger charge is 2.33. The normalized spacial score (nSPS) is 14.7. The van der Waals surface area contributed by atoms with Crippen molar-refractivity contribution in [2.45, 2.75) is 63.7 Å². The van der Waals surface area contributed by atoms with E-state index in [1.165, 1.54) is 31.0 Å². The van der Waals surface area contributed by atoms with Crippen molar-refractivity contribution in [1.29, 1.82) is 0 Å². The minimum Gasteiger partial charge on any atom is -0.508 e. The molecule has 3 aromatic rings. The van der Waals surface area contributed by atoms with Crippen LogP contribution in [0, 0.1) is 5.92 Å². The summed E-state index contributed by atoms with van der Waals surface area (Å²) in [6, 6.07) is 1.52. The van der Waals surface area contributed by atoms with Crippen LogP contribution in [-0.2, 0) is 38.4 Å². The average molecular weight is 569 g/mol. The maximum atomic E-state index is 13.5. The number of nitrogens with one attached hydrogen (secondary N) is 5. The van der Waals surface area contributed by atoms with Gasteiger partial charge in [-0.3, -0.25) is 14.4 Å². The highest BCUT2D eigenvalue weighted by molar-refractivity contribution is 5.94. The predicted molar refractivity (Wildman–Crippen MR) is 147 cm³/mol. The van der Waals surface area contributed by atoms with Gasteiger partial charge in [0.25, 0.3) is 0 Å². The Bertz CT molecular complexity index is 1280. The van der Waals surface area contributed by atoms with Crippen LogP contribution in [0.1, 0.15) is 37.2 Å². The van der Waals surface area contributed by atoms with Crippen LogP contribution in [0.5, 0.6) is 5.75 Å². The average Bonchev–Trinajstić information content (AvgIpc) is 3.66. The molecule has 1 aromatic carbocycles. The number of imidazole rings is 2. The number of nitrogens with zero attached hydrogens (tertiary/aromatic N) is 2. The Morgan fingerprint density at radius 3 is 1.98 bits per heavy atom. The van der Waals surface area contributed by atoms with E-state index < -0.39 is 47.9 Å². The number of amides is 3. The zero-order valence-electron chi connectivity index (χ0n) is 22.8. The van der Waals surface area contributed by atoms with E-state index in [-0.39, 0.29) is 30.9 Å². The molecule has 0 fully saturated rings. The Hall–Kier alpha value is -4.72.